The van der Waals surface area contributed by atoms with Crippen molar-refractivity contribution in [2.24, 2.45) is 23.7 Å². The lowest BCUT2D eigenvalue weighted by molar-refractivity contribution is -0.154. The van der Waals surface area contributed by atoms with Gasteiger partial charge >= 0.3 is 11.9 Å². The minimum Gasteiger partial charge on any atom is -0.393 e. The minimum absolute atomic E-state index is 0.150. The summed E-state index contributed by atoms with van der Waals surface area (Å²) >= 11 is 0. The van der Waals surface area contributed by atoms with Gasteiger partial charge in [-0.1, -0.05) is 11.6 Å². The van der Waals surface area contributed by atoms with Gasteiger partial charge in [-0.2, -0.15) is 0 Å². The Kier molecular flexibility index (Phi) is 1.14. The van der Waals surface area contributed by atoms with Gasteiger partial charge in [-0.25, -0.2) is 0 Å². The van der Waals surface area contributed by atoms with Crippen LogP contribution in [0.1, 0.15) is 13.3 Å². The van der Waals surface area contributed by atoms with Gasteiger partial charge < -0.3 is 4.74 Å². The van der Waals surface area contributed by atoms with Crippen molar-refractivity contribution < 1.29 is 14.3 Å². The van der Waals surface area contributed by atoms with Gasteiger partial charge in [0.25, 0.3) is 0 Å². The van der Waals surface area contributed by atoms with E-state index in [1.54, 1.807) is 0 Å². The molecule has 2 bridgehead atoms. The van der Waals surface area contributed by atoms with Crippen molar-refractivity contribution >= 4 is 11.9 Å². The first-order valence-corrected chi connectivity index (χ1v) is 4.62. The molecule has 0 aromatic heterocycles. The number of hydrogen-bond donors (Lipinski definition) is 0. The maximum Gasteiger partial charge on any atom is 0.318 e. The van der Waals surface area contributed by atoms with Gasteiger partial charge in [0.2, 0.25) is 0 Å². The molecular formula is C10H10O3. The molecule has 0 unspecified atom stereocenters. The second kappa shape index (κ2) is 2.03. The molecule has 3 nitrogen and oxygen atoms in total. The summed E-state index contributed by atoms with van der Waals surface area (Å²) in [5.41, 5.74) is 1.26. The normalized spacial score (nSPS) is 46.4. The molecule has 1 heterocycles. The van der Waals surface area contributed by atoms with Gasteiger partial charge in [0.15, 0.2) is 0 Å². The molecule has 4 atom stereocenters. The fourth-order valence-corrected chi connectivity index (χ4v) is 3.07. The van der Waals surface area contributed by atoms with Crippen LogP contribution in [0.25, 0.3) is 0 Å². The zero-order valence-electron chi connectivity index (χ0n) is 7.32. The summed E-state index contributed by atoms with van der Waals surface area (Å²) in [6, 6.07) is 0. The molecule has 3 aliphatic rings. The van der Waals surface area contributed by atoms with Crippen LogP contribution in [0.5, 0.6) is 0 Å². The molecule has 1 aliphatic heterocycles. The largest absolute Gasteiger partial charge is 0.393 e. The van der Waals surface area contributed by atoms with Crippen molar-refractivity contribution in [2.75, 3.05) is 0 Å². The summed E-state index contributed by atoms with van der Waals surface area (Å²) in [4.78, 5) is 22.6. The summed E-state index contributed by atoms with van der Waals surface area (Å²) < 4.78 is 4.65. The number of cyclic esters (lactones) is 2. The van der Waals surface area contributed by atoms with Crippen LogP contribution in [0.4, 0.5) is 0 Å². The molecule has 0 aromatic rings. The van der Waals surface area contributed by atoms with E-state index in [-0.39, 0.29) is 35.6 Å². The Morgan fingerprint density at radius 3 is 2.77 bits per heavy atom. The molecule has 1 saturated heterocycles. The van der Waals surface area contributed by atoms with Crippen molar-refractivity contribution in [3.63, 3.8) is 0 Å². The van der Waals surface area contributed by atoms with Crippen molar-refractivity contribution in [1.82, 2.24) is 0 Å². The fourth-order valence-electron chi connectivity index (χ4n) is 3.07. The highest BCUT2D eigenvalue weighted by Gasteiger charge is 2.59. The summed E-state index contributed by atoms with van der Waals surface area (Å²) in [6.45, 7) is 2.04. The molecule has 1 saturated carbocycles. The molecule has 2 fully saturated rings. The average molecular weight is 178 g/mol. The lowest BCUT2D eigenvalue weighted by atomic mass is 9.82. The highest BCUT2D eigenvalue weighted by molar-refractivity contribution is 5.98. The van der Waals surface area contributed by atoms with Crippen LogP contribution in [-0.4, -0.2) is 11.9 Å². The van der Waals surface area contributed by atoms with Gasteiger partial charge in [0.05, 0.1) is 11.8 Å². The molecule has 0 amide bonds. The van der Waals surface area contributed by atoms with Crippen LogP contribution in [0, 0.1) is 23.7 Å². The second-order valence-electron chi connectivity index (χ2n) is 4.21. The molecule has 0 N–H and O–H groups in total. The number of hydrogen-bond acceptors (Lipinski definition) is 3. The fraction of sp³-hybridized carbons (Fsp3) is 0.600. The lowest BCUT2D eigenvalue weighted by Crippen LogP contribution is -2.23. The minimum atomic E-state index is -0.300. The van der Waals surface area contributed by atoms with E-state index < -0.39 is 0 Å². The molecule has 68 valence electrons. The summed E-state index contributed by atoms with van der Waals surface area (Å²) in [7, 11) is 0. The lowest BCUT2D eigenvalue weighted by Gasteiger charge is -2.17. The van der Waals surface area contributed by atoms with Crippen LogP contribution in [0.2, 0.25) is 0 Å². The van der Waals surface area contributed by atoms with Crippen LogP contribution < -0.4 is 0 Å². The van der Waals surface area contributed by atoms with Crippen LogP contribution >= 0.6 is 0 Å². The van der Waals surface area contributed by atoms with E-state index in [1.165, 1.54) is 5.57 Å². The van der Waals surface area contributed by atoms with Crippen molar-refractivity contribution in [2.45, 2.75) is 13.3 Å². The van der Waals surface area contributed by atoms with E-state index in [2.05, 4.69) is 10.8 Å². The molecule has 13 heavy (non-hydrogen) atoms. The predicted octanol–water partition coefficient (Wildman–Crippen LogP) is 0.898. The van der Waals surface area contributed by atoms with E-state index in [0.29, 0.717) is 0 Å². The van der Waals surface area contributed by atoms with Gasteiger partial charge in [-0.3, -0.25) is 9.59 Å². The Morgan fingerprint density at radius 2 is 2.00 bits per heavy atom. The number of rotatable bonds is 0. The Hall–Kier alpha value is -1.12. The van der Waals surface area contributed by atoms with E-state index in [0.717, 1.165) is 6.42 Å². The predicted molar refractivity (Wildman–Crippen MR) is 43.4 cm³/mol. The van der Waals surface area contributed by atoms with E-state index in [9.17, 15) is 9.59 Å². The Morgan fingerprint density at radius 1 is 1.31 bits per heavy atom. The Balaban J connectivity index is 2.08. The molecule has 3 heteroatoms. The first kappa shape index (κ1) is 7.30. The van der Waals surface area contributed by atoms with Crippen LogP contribution in [0.3, 0.4) is 0 Å². The first-order valence-electron chi connectivity index (χ1n) is 4.62. The number of carbonyl (C=O) groups excluding carboxylic acids is 2. The standard InChI is InChI=1S/C10H10O3/c1-4-2-5-3-6(4)8-7(5)9(11)13-10(8)12/h2,5-8H,3H2,1H3/t5-,6+,7+,8+/m0/s1. The summed E-state index contributed by atoms with van der Waals surface area (Å²) in [5.74, 6) is -0.340. The van der Waals surface area contributed by atoms with E-state index in [1.807, 2.05) is 6.92 Å². The van der Waals surface area contributed by atoms with E-state index >= 15 is 0 Å². The molecular weight excluding hydrogens is 168 g/mol. The number of ether oxygens (including phenoxy) is 1. The van der Waals surface area contributed by atoms with Gasteiger partial charge in [-0.15, -0.1) is 0 Å². The van der Waals surface area contributed by atoms with Crippen molar-refractivity contribution in [3.8, 4) is 0 Å². The molecule has 3 rings (SSSR count). The molecule has 2 aliphatic carbocycles. The third kappa shape index (κ3) is 0.705. The maximum atomic E-state index is 11.3. The van der Waals surface area contributed by atoms with Crippen molar-refractivity contribution in [3.05, 3.63) is 11.6 Å². The highest BCUT2D eigenvalue weighted by atomic mass is 16.6. The van der Waals surface area contributed by atoms with E-state index in [4.69, 9.17) is 0 Å². The third-order valence-electron chi connectivity index (χ3n) is 3.62. The zero-order chi connectivity index (χ0) is 9.16. The first-order chi connectivity index (χ1) is 6.18. The smallest absolute Gasteiger partial charge is 0.318 e. The van der Waals surface area contributed by atoms with Gasteiger partial charge in [0.1, 0.15) is 0 Å². The average Bonchev–Trinajstić information content (AvgIpc) is 2.64. The number of allylic oxidation sites excluding steroid dienone is 2. The monoisotopic (exact) mass is 178 g/mol. The topological polar surface area (TPSA) is 43.4 Å². The summed E-state index contributed by atoms with van der Waals surface area (Å²) in [6.07, 6.45) is 3.10. The highest BCUT2D eigenvalue weighted by Crippen LogP contribution is 2.54. The summed E-state index contributed by atoms with van der Waals surface area (Å²) in [5, 5.41) is 0. The SMILES string of the molecule is CC1=C[C@H]2C[C@H]1[C@H]1C(=O)OC(=O)[C@@H]12. The van der Waals surface area contributed by atoms with Gasteiger partial charge in [-0.05, 0) is 25.2 Å². The van der Waals surface area contributed by atoms with Gasteiger partial charge in [0, 0.05) is 0 Å². The molecule has 0 aromatic carbocycles. The zero-order valence-corrected chi connectivity index (χ0v) is 7.32. The maximum absolute atomic E-state index is 11.3. The van der Waals surface area contributed by atoms with Crippen LogP contribution in [0.15, 0.2) is 11.6 Å². The Labute approximate surface area is 75.8 Å². The molecule has 0 spiro atoms. The van der Waals surface area contributed by atoms with Crippen LogP contribution in [-0.2, 0) is 14.3 Å². The second-order valence-corrected chi connectivity index (χ2v) is 4.21. The quantitative estimate of drug-likeness (QED) is 0.314. The Bertz CT molecular complexity index is 342. The number of esters is 2. The number of fused-ring (bicyclic) bond motifs is 5. The number of carbonyl (C=O) groups is 2. The third-order valence-corrected chi connectivity index (χ3v) is 3.62. The molecule has 0 radical (unpaired) electrons. The van der Waals surface area contributed by atoms with Crippen molar-refractivity contribution in [1.29, 1.82) is 0 Å².